The third-order valence-corrected chi connectivity index (χ3v) is 5.15. The lowest BCUT2D eigenvalue weighted by atomic mass is 10.1. The van der Waals surface area contributed by atoms with Crippen molar-refractivity contribution in [3.05, 3.63) is 53.6 Å². The molecule has 0 saturated heterocycles. The summed E-state index contributed by atoms with van der Waals surface area (Å²) >= 11 is 1.58. The Morgan fingerprint density at radius 3 is 2.92 bits per heavy atom. The lowest BCUT2D eigenvalue weighted by molar-refractivity contribution is 0.254. The number of rotatable bonds is 6. The second-order valence-corrected chi connectivity index (χ2v) is 7.07. The molecule has 1 unspecified atom stereocenters. The minimum atomic E-state index is 0.216. The summed E-state index contributed by atoms with van der Waals surface area (Å²) in [5, 5.41) is 12.8. The number of tetrazole rings is 1. The zero-order valence-electron chi connectivity index (χ0n) is 14.8. The highest BCUT2D eigenvalue weighted by Gasteiger charge is 2.22. The second kappa shape index (κ2) is 7.37. The first-order valence-corrected chi connectivity index (χ1v) is 9.65. The maximum Gasteiger partial charge on any atom is 0.214 e. The monoisotopic (exact) mass is 368 g/mol. The SMILES string of the molecule is CCOc1cc2c(cc1CSc1nnnn1-c1ccccc1)OC(C)C2. The predicted octanol–water partition coefficient (Wildman–Crippen LogP) is 3.68. The van der Waals surface area contributed by atoms with Gasteiger partial charge in [0.1, 0.15) is 17.6 Å². The number of fused-ring (bicyclic) bond motifs is 1. The quantitative estimate of drug-likeness (QED) is 0.619. The highest BCUT2D eigenvalue weighted by Crippen LogP contribution is 2.37. The zero-order chi connectivity index (χ0) is 17.9. The second-order valence-electron chi connectivity index (χ2n) is 6.13. The Balaban J connectivity index is 1.57. The standard InChI is InChI=1S/C19H20N4O2S/c1-3-24-17-10-14-9-13(2)25-18(14)11-15(17)12-26-19-20-21-22-23(19)16-7-5-4-6-8-16/h4-8,10-11,13H,3,9,12H2,1-2H3. The third kappa shape index (κ3) is 3.39. The van der Waals surface area contributed by atoms with Gasteiger partial charge in [0.2, 0.25) is 5.16 Å². The normalized spacial score (nSPS) is 15.5. The minimum absolute atomic E-state index is 0.216. The summed E-state index contributed by atoms with van der Waals surface area (Å²) in [6.07, 6.45) is 1.14. The van der Waals surface area contributed by atoms with Crippen molar-refractivity contribution in [2.75, 3.05) is 6.61 Å². The van der Waals surface area contributed by atoms with E-state index in [1.165, 1.54) is 5.56 Å². The summed E-state index contributed by atoms with van der Waals surface area (Å²) in [5.41, 5.74) is 3.24. The molecule has 3 aromatic rings. The van der Waals surface area contributed by atoms with Crippen molar-refractivity contribution in [3.8, 4) is 17.2 Å². The third-order valence-electron chi connectivity index (χ3n) is 4.18. The summed E-state index contributed by atoms with van der Waals surface area (Å²) < 4.78 is 13.5. The van der Waals surface area contributed by atoms with Crippen molar-refractivity contribution in [2.45, 2.75) is 37.3 Å². The first kappa shape index (κ1) is 16.9. The summed E-state index contributed by atoms with van der Waals surface area (Å²) in [7, 11) is 0. The van der Waals surface area contributed by atoms with E-state index in [-0.39, 0.29) is 6.10 Å². The molecule has 6 nitrogen and oxygen atoms in total. The highest BCUT2D eigenvalue weighted by molar-refractivity contribution is 7.98. The Bertz CT molecular complexity index is 898. The van der Waals surface area contributed by atoms with E-state index in [0.717, 1.165) is 34.3 Å². The van der Waals surface area contributed by atoms with Gasteiger partial charge in [0.15, 0.2) is 0 Å². The van der Waals surface area contributed by atoms with E-state index in [4.69, 9.17) is 9.47 Å². The van der Waals surface area contributed by atoms with E-state index in [0.29, 0.717) is 12.4 Å². The van der Waals surface area contributed by atoms with Crippen LogP contribution in [-0.4, -0.2) is 32.9 Å². The van der Waals surface area contributed by atoms with Crippen LogP contribution in [0.25, 0.3) is 5.69 Å². The largest absolute Gasteiger partial charge is 0.494 e. The molecular weight excluding hydrogens is 348 g/mol. The Morgan fingerprint density at radius 1 is 1.27 bits per heavy atom. The number of hydrogen-bond donors (Lipinski definition) is 0. The fourth-order valence-corrected chi connectivity index (χ4v) is 3.90. The molecule has 2 aromatic carbocycles. The Kier molecular flexibility index (Phi) is 4.79. The van der Waals surface area contributed by atoms with E-state index in [1.54, 1.807) is 16.4 Å². The molecule has 1 aliphatic heterocycles. The van der Waals surface area contributed by atoms with Crippen LogP contribution in [-0.2, 0) is 12.2 Å². The molecule has 4 rings (SSSR count). The molecule has 0 saturated carbocycles. The Hall–Kier alpha value is -2.54. The van der Waals surface area contributed by atoms with Gasteiger partial charge in [-0.25, -0.2) is 0 Å². The fraction of sp³-hybridized carbons (Fsp3) is 0.316. The van der Waals surface area contributed by atoms with Gasteiger partial charge in [0.25, 0.3) is 0 Å². The molecule has 26 heavy (non-hydrogen) atoms. The number of aromatic nitrogens is 4. The maximum atomic E-state index is 5.90. The number of nitrogens with zero attached hydrogens (tertiary/aromatic N) is 4. The van der Waals surface area contributed by atoms with Gasteiger partial charge < -0.3 is 9.47 Å². The van der Waals surface area contributed by atoms with Gasteiger partial charge in [-0.05, 0) is 48.5 Å². The average Bonchev–Trinajstić information content (AvgIpc) is 3.26. The number of para-hydroxylation sites is 1. The molecule has 0 amide bonds. The molecule has 7 heteroatoms. The van der Waals surface area contributed by atoms with Crippen LogP contribution in [0, 0.1) is 0 Å². The summed E-state index contributed by atoms with van der Waals surface area (Å²) in [5.74, 6) is 2.57. The topological polar surface area (TPSA) is 62.1 Å². The fourth-order valence-electron chi connectivity index (χ4n) is 3.03. The number of benzene rings is 2. The molecule has 134 valence electrons. The Labute approximate surface area is 156 Å². The van der Waals surface area contributed by atoms with Gasteiger partial charge in [0.05, 0.1) is 12.3 Å². The molecule has 0 bridgehead atoms. The summed E-state index contributed by atoms with van der Waals surface area (Å²) in [6, 6.07) is 14.1. The van der Waals surface area contributed by atoms with E-state index in [1.807, 2.05) is 37.3 Å². The van der Waals surface area contributed by atoms with Gasteiger partial charge in [0, 0.05) is 23.3 Å². The van der Waals surface area contributed by atoms with Crippen LogP contribution >= 0.6 is 11.8 Å². The van der Waals surface area contributed by atoms with Gasteiger partial charge in [-0.1, -0.05) is 30.0 Å². The number of thioether (sulfide) groups is 1. The van der Waals surface area contributed by atoms with Crippen molar-refractivity contribution in [3.63, 3.8) is 0 Å². The molecule has 0 radical (unpaired) electrons. The average molecular weight is 368 g/mol. The van der Waals surface area contributed by atoms with Crippen LogP contribution in [0.2, 0.25) is 0 Å². The van der Waals surface area contributed by atoms with Gasteiger partial charge in [-0.15, -0.1) is 5.10 Å². The molecular formula is C19H20N4O2S. The molecule has 0 N–H and O–H groups in total. The molecule has 0 spiro atoms. The van der Waals surface area contributed by atoms with Crippen LogP contribution in [0.15, 0.2) is 47.6 Å². The maximum absolute atomic E-state index is 5.90. The van der Waals surface area contributed by atoms with Crippen LogP contribution < -0.4 is 9.47 Å². The van der Waals surface area contributed by atoms with Crippen LogP contribution in [0.3, 0.4) is 0 Å². The van der Waals surface area contributed by atoms with Gasteiger partial charge in [-0.2, -0.15) is 4.68 Å². The molecule has 1 aliphatic rings. The van der Waals surface area contributed by atoms with E-state index >= 15 is 0 Å². The zero-order valence-corrected chi connectivity index (χ0v) is 15.6. The highest BCUT2D eigenvalue weighted by atomic mass is 32.2. The molecule has 2 heterocycles. The van der Waals surface area contributed by atoms with Crippen LogP contribution in [0.4, 0.5) is 0 Å². The Morgan fingerprint density at radius 2 is 2.12 bits per heavy atom. The van der Waals surface area contributed by atoms with Crippen LogP contribution in [0.5, 0.6) is 11.5 Å². The van der Waals surface area contributed by atoms with Gasteiger partial charge in [-0.3, -0.25) is 0 Å². The van der Waals surface area contributed by atoms with Crippen molar-refractivity contribution in [2.24, 2.45) is 0 Å². The van der Waals surface area contributed by atoms with E-state index in [2.05, 4.69) is 34.6 Å². The smallest absolute Gasteiger partial charge is 0.214 e. The van der Waals surface area contributed by atoms with Crippen LogP contribution in [0.1, 0.15) is 25.0 Å². The summed E-state index contributed by atoms with van der Waals surface area (Å²) in [6.45, 7) is 4.72. The van der Waals surface area contributed by atoms with Crippen molar-refractivity contribution in [1.82, 2.24) is 20.2 Å². The molecule has 0 fully saturated rings. The van der Waals surface area contributed by atoms with Gasteiger partial charge >= 0.3 is 0 Å². The number of ether oxygens (including phenoxy) is 2. The molecule has 1 aromatic heterocycles. The first-order chi connectivity index (χ1) is 12.7. The van der Waals surface area contributed by atoms with Crippen molar-refractivity contribution >= 4 is 11.8 Å². The molecule has 1 atom stereocenters. The predicted molar refractivity (Wildman–Crippen MR) is 100 cm³/mol. The first-order valence-electron chi connectivity index (χ1n) is 8.66. The molecule has 0 aliphatic carbocycles. The number of hydrogen-bond acceptors (Lipinski definition) is 6. The summed E-state index contributed by atoms with van der Waals surface area (Å²) in [4.78, 5) is 0. The minimum Gasteiger partial charge on any atom is -0.494 e. The van der Waals surface area contributed by atoms with E-state index < -0.39 is 0 Å². The van der Waals surface area contributed by atoms with E-state index in [9.17, 15) is 0 Å². The lowest BCUT2D eigenvalue weighted by Crippen LogP contribution is -2.05. The van der Waals surface area contributed by atoms with Crippen molar-refractivity contribution < 1.29 is 9.47 Å². The lowest BCUT2D eigenvalue weighted by Gasteiger charge is -2.12. The van der Waals surface area contributed by atoms with Crippen molar-refractivity contribution in [1.29, 1.82) is 0 Å².